The smallest absolute Gasteiger partial charge is 0.240 e. The number of nitrogens with one attached hydrogen (secondary N) is 2. The van der Waals surface area contributed by atoms with Crippen LogP contribution in [0.25, 0.3) is 0 Å². The Kier molecular flexibility index (Phi) is 4.69. The van der Waals surface area contributed by atoms with Gasteiger partial charge in [-0.25, -0.2) is 4.98 Å². The molecule has 5 heteroatoms. The highest BCUT2D eigenvalue weighted by Crippen LogP contribution is 2.00. The average Bonchev–Trinajstić information content (AvgIpc) is 2.59. The molecule has 0 fully saturated rings. The van der Waals surface area contributed by atoms with Gasteiger partial charge in [0.15, 0.2) is 0 Å². The van der Waals surface area contributed by atoms with E-state index in [4.69, 9.17) is 0 Å². The normalized spacial score (nSPS) is 11.5. The van der Waals surface area contributed by atoms with Crippen molar-refractivity contribution in [3.05, 3.63) is 18.2 Å². The molecule has 17 heavy (non-hydrogen) atoms. The SMILES string of the molecule is CNCCc1cn(CC(=O)NC(C)(C)C)cn1. The first-order chi connectivity index (χ1) is 7.90. The minimum Gasteiger partial charge on any atom is -0.350 e. The highest BCUT2D eigenvalue weighted by atomic mass is 16.2. The van der Waals surface area contributed by atoms with Crippen LogP contribution >= 0.6 is 0 Å². The number of likely N-dealkylation sites (N-methyl/N-ethyl adjacent to an activating group) is 1. The zero-order chi connectivity index (χ0) is 12.9. The second-order valence-electron chi connectivity index (χ2n) is 5.19. The van der Waals surface area contributed by atoms with Crippen molar-refractivity contribution in [1.29, 1.82) is 0 Å². The van der Waals surface area contributed by atoms with Crippen LogP contribution < -0.4 is 10.6 Å². The Labute approximate surface area is 103 Å². The summed E-state index contributed by atoms with van der Waals surface area (Å²) in [6.45, 7) is 7.13. The molecule has 2 N–H and O–H groups in total. The van der Waals surface area contributed by atoms with E-state index in [1.165, 1.54) is 0 Å². The summed E-state index contributed by atoms with van der Waals surface area (Å²) in [5.41, 5.74) is 0.815. The highest BCUT2D eigenvalue weighted by Gasteiger charge is 2.13. The van der Waals surface area contributed by atoms with E-state index in [-0.39, 0.29) is 11.4 Å². The van der Waals surface area contributed by atoms with Crippen LogP contribution in [0.15, 0.2) is 12.5 Å². The van der Waals surface area contributed by atoms with E-state index in [9.17, 15) is 4.79 Å². The van der Waals surface area contributed by atoms with E-state index in [0.29, 0.717) is 6.54 Å². The van der Waals surface area contributed by atoms with Crippen LogP contribution in [0.3, 0.4) is 0 Å². The molecule has 0 saturated carbocycles. The van der Waals surface area contributed by atoms with Crippen molar-refractivity contribution >= 4 is 5.91 Å². The Balaban J connectivity index is 2.46. The number of carbonyl (C=O) groups excluding carboxylic acids is 1. The summed E-state index contributed by atoms with van der Waals surface area (Å²) in [7, 11) is 1.91. The summed E-state index contributed by atoms with van der Waals surface area (Å²) in [6.07, 6.45) is 4.50. The molecule has 96 valence electrons. The van der Waals surface area contributed by atoms with Gasteiger partial charge in [0.05, 0.1) is 12.0 Å². The summed E-state index contributed by atoms with van der Waals surface area (Å²) < 4.78 is 1.81. The first-order valence-electron chi connectivity index (χ1n) is 5.87. The Morgan fingerprint density at radius 2 is 2.18 bits per heavy atom. The van der Waals surface area contributed by atoms with Gasteiger partial charge in [-0.3, -0.25) is 4.79 Å². The molecule has 0 atom stereocenters. The van der Waals surface area contributed by atoms with Gasteiger partial charge in [0, 0.05) is 24.7 Å². The van der Waals surface area contributed by atoms with Gasteiger partial charge in [0.2, 0.25) is 5.91 Å². The van der Waals surface area contributed by atoms with E-state index in [2.05, 4.69) is 15.6 Å². The standard InChI is InChI=1S/C12H22N4O/c1-12(2,3)15-11(17)8-16-7-10(14-9-16)5-6-13-4/h7,9,13H,5-6,8H2,1-4H3,(H,15,17). The van der Waals surface area contributed by atoms with Gasteiger partial charge in [-0.2, -0.15) is 0 Å². The topological polar surface area (TPSA) is 59.0 Å². The Hall–Kier alpha value is -1.36. The molecule has 0 aromatic carbocycles. The third kappa shape index (κ3) is 5.49. The molecular formula is C12H22N4O. The van der Waals surface area contributed by atoms with Crippen LogP contribution in [0.2, 0.25) is 0 Å². The van der Waals surface area contributed by atoms with Crippen molar-refractivity contribution in [2.75, 3.05) is 13.6 Å². The number of hydrogen-bond acceptors (Lipinski definition) is 3. The summed E-state index contributed by atoms with van der Waals surface area (Å²) in [5, 5.41) is 5.99. The molecular weight excluding hydrogens is 216 g/mol. The molecule has 1 rings (SSSR count). The van der Waals surface area contributed by atoms with Crippen LogP contribution in [0.4, 0.5) is 0 Å². The quantitative estimate of drug-likeness (QED) is 0.788. The second kappa shape index (κ2) is 5.82. The predicted molar refractivity (Wildman–Crippen MR) is 67.8 cm³/mol. The number of carbonyl (C=O) groups is 1. The summed E-state index contributed by atoms with van der Waals surface area (Å²) in [6, 6.07) is 0. The average molecular weight is 238 g/mol. The molecule has 1 heterocycles. The predicted octanol–water partition coefficient (Wildman–Crippen LogP) is 0.560. The highest BCUT2D eigenvalue weighted by molar-refractivity contribution is 5.76. The lowest BCUT2D eigenvalue weighted by Crippen LogP contribution is -2.42. The first kappa shape index (κ1) is 13.7. The van der Waals surface area contributed by atoms with Gasteiger partial charge in [0.1, 0.15) is 6.54 Å². The lowest BCUT2D eigenvalue weighted by Gasteiger charge is -2.20. The van der Waals surface area contributed by atoms with Crippen molar-refractivity contribution in [2.24, 2.45) is 0 Å². The maximum atomic E-state index is 11.7. The number of hydrogen-bond donors (Lipinski definition) is 2. The molecule has 0 bridgehead atoms. The van der Waals surface area contributed by atoms with Crippen molar-refractivity contribution in [3.63, 3.8) is 0 Å². The Bertz CT molecular complexity index is 365. The number of rotatable bonds is 5. The van der Waals surface area contributed by atoms with Crippen LogP contribution in [-0.4, -0.2) is 34.6 Å². The fourth-order valence-corrected chi connectivity index (χ4v) is 1.50. The Morgan fingerprint density at radius 1 is 1.47 bits per heavy atom. The monoisotopic (exact) mass is 238 g/mol. The van der Waals surface area contributed by atoms with Crippen LogP contribution in [0.5, 0.6) is 0 Å². The van der Waals surface area contributed by atoms with Gasteiger partial charge in [0.25, 0.3) is 0 Å². The molecule has 1 aromatic rings. The van der Waals surface area contributed by atoms with Crippen LogP contribution in [-0.2, 0) is 17.8 Å². The fourth-order valence-electron chi connectivity index (χ4n) is 1.50. The number of nitrogens with zero attached hydrogens (tertiary/aromatic N) is 2. The van der Waals surface area contributed by atoms with Gasteiger partial charge < -0.3 is 15.2 Å². The first-order valence-corrected chi connectivity index (χ1v) is 5.87. The number of aromatic nitrogens is 2. The van der Waals surface area contributed by atoms with Crippen molar-refractivity contribution < 1.29 is 4.79 Å². The summed E-state index contributed by atoms with van der Waals surface area (Å²) in [5.74, 6) is 0.00932. The zero-order valence-corrected chi connectivity index (χ0v) is 11.1. The fraction of sp³-hybridized carbons (Fsp3) is 0.667. The molecule has 0 spiro atoms. The van der Waals surface area contributed by atoms with Gasteiger partial charge in [-0.15, -0.1) is 0 Å². The lowest BCUT2D eigenvalue weighted by atomic mass is 10.1. The third-order valence-corrected chi connectivity index (χ3v) is 2.16. The van der Waals surface area contributed by atoms with Crippen molar-refractivity contribution in [2.45, 2.75) is 39.3 Å². The molecule has 0 aliphatic heterocycles. The van der Waals surface area contributed by atoms with E-state index in [1.807, 2.05) is 38.6 Å². The molecule has 0 aliphatic rings. The van der Waals surface area contributed by atoms with Gasteiger partial charge in [-0.05, 0) is 27.8 Å². The molecule has 0 saturated heterocycles. The van der Waals surface area contributed by atoms with E-state index in [1.54, 1.807) is 6.33 Å². The third-order valence-electron chi connectivity index (χ3n) is 2.16. The van der Waals surface area contributed by atoms with Crippen LogP contribution in [0, 0.1) is 0 Å². The second-order valence-corrected chi connectivity index (χ2v) is 5.19. The molecule has 1 aromatic heterocycles. The van der Waals surface area contributed by atoms with E-state index < -0.39 is 0 Å². The molecule has 1 amide bonds. The maximum Gasteiger partial charge on any atom is 0.240 e. The van der Waals surface area contributed by atoms with Crippen LogP contribution in [0.1, 0.15) is 26.5 Å². The molecule has 5 nitrogen and oxygen atoms in total. The summed E-state index contributed by atoms with van der Waals surface area (Å²) >= 11 is 0. The lowest BCUT2D eigenvalue weighted by molar-refractivity contribution is -0.123. The minimum atomic E-state index is -0.188. The van der Waals surface area contributed by atoms with Gasteiger partial charge in [-0.1, -0.05) is 0 Å². The Morgan fingerprint density at radius 3 is 2.76 bits per heavy atom. The zero-order valence-electron chi connectivity index (χ0n) is 11.1. The molecule has 0 unspecified atom stereocenters. The van der Waals surface area contributed by atoms with E-state index >= 15 is 0 Å². The molecule has 0 radical (unpaired) electrons. The minimum absolute atomic E-state index is 0.00932. The van der Waals surface area contributed by atoms with Crippen molar-refractivity contribution in [1.82, 2.24) is 20.2 Å². The van der Waals surface area contributed by atoms with E-state index in [0.717, 1.165) is 18.7 Å². The maximum absolute atomic E-state index is 11.7. The number of amides is 1. The largest absolute Gasteiger partial charge is 0.350 e. The summed E-state index contributed by atoms with van der Waals surface area (Å²) in [4.78, 5) is 15.9. The van der Waals surface area contributed by atoms with Gasteiger partial charge >= 0.3 is 0 Å². The number of imidazole rings is 1. The molecule has 0 aliphatic carbocycles. The van der Waals surface area contributed by atoms with Crippen molar-refractivity contribution in [3.8, 4) is 0 Å².